The van der Waals surface area contributed by atoms with Crippen LogP contribution in [0.25, 0.3) is 122 Å². The first-order valence-corrected chi connectivity index (χ1v) is 50.1. The number of aromatic nitrogens is 26. The van der Waals surface area contributed by atoms with E-state index in [1.54, 1.807) is 114 Å². The van der Waals surface area contributed by atoms with Gasteiger partial charge in [-0.2, -0.15) is 29.8 Å². The number of rotatable bonds is 24. The molecule has 1 saturated carbocycles. The number of thiophene rings is 1. The predicted octanol–water partition coefficient (Wildman–Crippen LogP) is 16.2. The van der Waals surface area contributed by atoms with Crippen molar-refractivity contribution >= 4 is 146 Å². The molecule has 3 fully saturated rings. The number of pyridine rings is 1. The summed E-state index contributed by atoms with van der Waals surface area (Å²) in [5.74, 6) is 7.46. The number of carbonyl (C=O) groups is 3. The van der Waals surface area contributed by atoms with Gasteiger partial charge in [0.05, 0.1) is 83.9 Å². The van der Waals surface area contributed by atoms with Crippen molar-refractivity contribution in [3.63, 3.8) is 0 Å². The zero-order valence-electron chi connectivity index (χ0n) is 80.7. The number of imidazole rings is 1. The van der Waals surface area contributed by atoms with Crippen molar-refractivity contribution in [1.29, 1.82) is 0 Å². The number of thiazole rings is 3. The average molecular weight is 2040 g/mol. The van der Waals surface area contributed by atoms with Crippen LogP contribution in [0.2, 0.25) is 0 Å². The topological polar surface area (TPSA) is 535 Å². The Balaban J connectivity index is 0.000000113. The summed E-state index contributed by atoms with van der Waals surface area (Å²) >= 11 is 5.83. The number of furan rings is 3. The zero-order chi connectivity index (χ0) is 101. The number of hydrogen-bond donors (Lipinski definition) is 5. The summed E-state index contributed by atoms with van der Waals surface area (Å²) in [5, 5.41) is 42.0. The van der Waals surface area contributed by atoms with Gasteiger partial charge in [0.2, 0.25) is 29.4 Å². The highest BCUT2D eigenvalue weighted by molar-refractivity contribution is 7.20. The summed E-state index contributed by atoms with van der Waals surface area (Å²) in [7, 11) is 3.50. The molecule has 21 aromatic rings. The molecule has 0 atom stereocenters. The van der Waals surface area contributed by atoms with Crippen LogP contribution in [-0.2, 0) is 34.4 Å². The number of nitrogen functional groups attached to an aromatic ring is 3. The standard InChI is InChI=1S/C25H29N9O3.C20H19N3O4S.C17H16N6O.C16H14N4O2S.C12H11N3S2.C9H10N8/c1-35-15-16-36-19-6-4-18(5-7-19)32-11-8-31(9-12-32)10-13-33-23-20(17-27-33)24-28-22(21-3-2-14-37-21)30-34(24)25(26)29-23;1-12-4-5-14(11-21-12)19(25)23-20-22-16(15-3-2-8-27-15)18(28-20)17(24)13-6-9-26-10-7-13;1-10-8-12(5-6-13(10)18)9-23-17-16(21-22-23)15(19-11(2)20-17)14-4-3-7-24-14;1-9-17-14(20-22-9)13-12(10-5-3-2-4-6-10)18-16(23-13)19-15(21)11-7-8-11;1-7(2)11-14-8-3-5-16-10(8)9(15-11)12-13-4-6-17-12;1-5-13-7(10)6-8(14-5)16(2)9(15-6)17-11-3-4-12-17/h2-7,14,17H,8-13,15-16H2,1H3,(H2,26,29);2-5,8,11,13H,6-7,9-10H2,1H3,(H,22,23,25);3-8H,9,18H2,1-2H3;2-6,11H,7-8H2,1H3,(H,18,19,21);3-7H,1-2H3;3-4H,1-2H3,(H2,10,13,14). The number of Topliss-reactive ketones (excluding diaryl/α,β-unsaturated/α-hetero) is 1. The van der Waals surface area contributed by atoms with E-state index in [9.17, 15) is 14.4 Å². The zero-order valence-corrected chi connectivity index (χ0v) is 84.0. The molecule has 744 valence electrons. The highest BCUT2D eigenvalue weighted by Gasteiger charge is 2.33. The van der Waals surface area contributed by atoms with Gasteiger partial charge in [0.1, 0.15) is 61.7 Å². The van der Waals surface area contributed by atoms with Crippen LogP contribution < -0.4 is 37.5 Å². The van der Waals surface area contributed by atoms with Crippen LogP contribution in [0.15, 0.2) is 206 Å². The lowest BCUT2D eigenvalue weighted by molar-refractivity contribution is -0.117. The van der Waals surface area contributed by atoms with Crippen molar-refractivity contribution in [3.8, 4) is 78.9 Å². The van der Waals surface area contributed by atoms with E-state index in [4.69, 9.17) is 49.2 Å². The van der Waals surface area contributed by atoms with Gasteiger partial charge in [-0.05, 0) is 155 Å². The second kappa shape index (κ2) is 44.5. The van der Waals surface area contributed by atoms with Gasteiger partial charge in [-0.15, -0.1) is 37.7 Å². The van der Waals surface area contributed by atoms with E-state index in [0.717, 1.165) is 122 Å². The summed E-state index contributed by atoms with van der Waals surface area (Å²) in [6.45, 7) is 21.7. The maximum absolute atomic E-state index is 13.1. The van der Waals surface area contributed by atoms with E-state index in [0.29, 0.717) is 182 Å². The van der Waals surface area contributed by atoms with Crippen LogP contribution >= 0.6 is 45.3 Å². The van der Waals surface area contributed by atoms with Crippen LogP contribution in [0, 0.1) is 46.5 Å². The Bertz CT molecular complexity index is 8040. The van der Waals surface area contributed by atoms with Gasteiger partial charge in [0.15, 0.2) is 72.8 Å². The molecule has 2 amide bonds. The number of anilines is 6. The monoisotopic (exact) mass is 2040 g/mol. The summed E-state index contributed by atoms with van der Waals surface area (Å²) in [6.07, 6.45) is 16.3. The van der Waals surface area contributed by atoms with E-state index >= 15 is 0 Å². The Kier molecular flexibility index (Phi) is 29.9. The fourth-order valence-electron chi connectivity index (χ4n) is 15.9. The molecular formula is C99H99N33O10S4. The molecule has 0 bridgehead atoms. The van der Waals surface area contributed by atoms with Crippen molar-refractivity contribution in [3.05, 3.63) is 239 Å². The third-order valence-electron chi connectivity index (χ3n) is 23.6. The number of fused-ring (bicyclic) bond motifs is 6. The molecule has 43 nitrogen and oxygen atoms in total. The molecule has 47 heteroatoms. The van der Waals surface area contributed by atoms with Crippen molar-refractivity contribution in [2.24, 2.45) is 18.9 Å². The number of methoxy groups -OCH3 is 1. The first-order chi connectivity index (χ1) is 71.0. The maximum atomic E-state index is 13.1. The summed E-state index contributed by atoms with van der Waals surface area (Å²) in [6, 6.07) is 40.3. The molecule has 24 rings (SSSR count). The predicted molar refractivity (Wildman–Crippen MR) is 553 cm³/mol. The number of ketones is 1. The number of hydrogen-bond acceptors (Lipinski definition) is 40. The van der Waals surface area contributed by atoms with Crippen LogP contribution in [0.4, 0.5) is 33.4 Å². The molecule has 3 aliphatic rings. The minimum atomic E-state index is -0.322. The van der Waals surface area contributed by atoms with E-state index < -0.39 is 0 Å². The lowest BCUT2D eigenvalue weighted by Crippen LogP contribution is -2.47. The number of ether oxygens (including phenoxy) is 3. The second-order valence-corrected chi connectivity index (χ2v) is 38.1. The molecule has 8 N–H and O–H groups in total. The van der Waals surface area contributed by atoms with Crippen LogP contribution in [-0.4, -0.2) is 218 Å². The minimum absolute atomic E-state index is 0.0182. The van der Waals surface area contributed by atoms with E-state index in [1.165, 1.54) is 50.1 Å². The SMILES string of the molecule is CC(C)c1nc(-c2nccs2)c2sccc2n1.COCCOc1ccc(N2CCN(CCn3ncc4c3nc(N)n3nc(-c5ccco5)nc43)CC2)cc1.Cc1ccc(C(=O)Nc2nc(-c3ccco3)c(C(=O)C3CCOCC3)s2)cn1.Cc1nc(-c2ccco2)c2nnn(Cc3ccc(N)c(C)c3)c2n1.Cc1nc(-c2sc(NC(=O)C3CC3)nc2-c2ccccc2)no1.Cc1nc(N)c2nc(-n3nccn3)n(C)c2n1. The van der Waals surface area contributed by atoms with Gasteiger partial charge < -0.3 is 59.4 Å². The number of nitrogens with two attached hydrogens (primary N) is 3. The number of nitrogens with one attached hydrogen (secondary N) is 2. The molecule has 0 radical (unpaired) electrons. The van der Waals surface area contributed by atoms with Gasteiger partial charge in [-0.25, -0.2) is 64.2 Å². The first kappa shape index (κ1) is 98.2. The number of nitrogens with zero attached hydrogens (tertiary/aromatic N) is 28. The molecule has 1 aliphatic carbocycles. The van der Waals surface area contributed by atoms with E-state index in [1.807, 2.05) is 129 Å². The van der Waals surface area contributed by atoms with Crippen molar-refractivity contribution < 1.29 is 46.4 Å². The third-order valence-corrected chi connectivity index (χ3v) is 27.2. The van der Waals surface area contributed by atoms with E-state index in [2.05, 4.69) is 157 Å². The largest absolute Gasteiger partial charge is 0.491 e. The normalized spacial score (nSPS) is 13.2. The van der Waals surface area contributed by atoms with Gasteiger partial charge in [0, 0.05) is 125 Å². The smallest absolute Gasteiger partial charge is 0.259 e. The number of aryl methyl sites for hydroxylation is 6. The highest BCUT2D eigenvalue weighted by Crippen LogP contribution is 2.42. The first-order valence-electron chi connectivity index (χ1n) is 46.7. The number of carbonyl (C=O) groups excluding carboxylic acids is 3. The Labute approximate surface area is 848 Å². The molecule has 146 heavy (non-hydrogen) atoms. The lowest BCUT2D eigenvalue weighted by Gasteiger charge is -2.36. The Morgan fingerprint density at radius 1 is 0.596 bits per heavy atom. The highest BCUT2D eigenvalue weighted by atomic mass is 32.1. The van der Waals surface area contributed by atoms with Crippen LogP contribution in [0.1, 0.15) is 106 Å². The van der Waals surface area contributed by atoms with Crippen molar-refractivity contribution in [2.45, 2.75) is 93.2 Å². The molecule has 18 aromatic heterocycles. The molecule has 20 heterocycles. The molecule has 3 aromatic carbocycles. The Morgan fingerprint density at radius 2 is 1.33 bits per heavy atom. The summed E-state index contributed by atoms with van der Waals surface area (Å²) in [5.41, 5.74) is 32.0. The molecular weight excluding hydrogens is 1940 g/mol. The summed E-state index contributed by atoms with van der Waals surface area (Å²) < 4.78 is 45.6. The molecule has 0 unspecified atom stereocenters. The maximum Gasteiger partial charge on any atom is 0.259 e. The van der Waals surface area contributed by atoms with Gasteiger partial charge in [-0.3, -0.25) is 34.2 Å². The van der Waals surface area contributed by atoms with E-state index in [-0.39, 0.29) is 35.4 Å². The quantitative estimate of drug-likeness (QED) is 0.0213. The van der Waals surface area contributed by atoms with Gasteiger partial charge in [-0.1, -0.05) is 89.4 Å². The van der Waals surface area contributed by atoms with Gasteiger partial charge >= 0.3 is 0 Å². The van der Waals surface area contributed by atoms with Crippen molar-refractivity contribution in [1.82, 2.24) is 134 Å². The van der Waals surface area contributed by atoms with Crippen LogP contribution in [0.5, 0.6) is 5.75 Å². The third kappa shape index (κ3) is 22.7. The van der Waals surface area contributed by atoms with Crippen LogP contribution in [0.3, 0.4) is 0 Å². The fourth-order valence-corrected chi connectivity index (χ4v) is 19.3. The van der Waals surface area contributed by atoms with Gasteiger partial charge in [0.25, 0.3) is 11.9 Å². The number of benzene rings is 3. The second-order valence-electron chi connectivity index (χ2n) is 34.3. The number of piperazine rings is 1. The summed E-state index contributed by atoms with van der Waals surface area (Å²) in [4.78, 5) is 107. The molecule has 0 spiro atoms. The lowest BCUT2D eigenvalue weighted by atomic mass is 9.94. The van der Waals surface area contributed by atoms with Crippen molar-refractivity contribution in [2.75, 3.05) is 99.0 Å². The minimum Gasteiger partial charge on any atom is -0.491 e. The molecule has 2 aliphatic heterocycles. The average Bonchev–Trinajstić information content (AvgIpc) is 1.55. The Morgan fingerprint density at radius 3 is 2.02 bits per heavy atom. The Hall–Kier alpha value is -16.6. The fraction of sp³-hybridized carbons (Fsp3) is 0.273. The number of amides is 2. The molecule has 2 saturated heterocycles.